The Labute approximate surface area is 215 Å². The van der Waals surface area contributed by atoms with Crippen molar-refractivity contribution in [1.29, 1.82) is 0 Å². The van der Waals surface area contributed by atoms with Crippen LogP contribution in [0.15, 0.2) is 60.7 Å². The highest BCUT2D eigenvalue weighted by atomic mass is 32.3. The van der Waals surface area contributed by atoms with Crippen molar-refractivity contribution in [2.75, 3.05) is 37.7 Å². The van der Waals surface area contributed by atoms with E-state index in [9.17, 15) is 17.1 Å². The third-order valence-corrected chi connectivity index (χ3v) is 7.48. The van der Waals surface area contributed by atoms with Crippen molar-refractivity contribution in [3.8, 4) is 16.9 Å². The number of carbonyl (C=O) groups is 1. The average Bonchev–Trinajstić information content (AvgIpc) is 3.21. The maximum Gasteiger partial charge on any atom is 0.488 e. The van der Waals surface area contributed by atoms with Crippen LogP contribution in [0.5, 0.6) is 5.75 Å². The van der Waals surface area contributed by atoms with Crippen molar-refractivity contribution in [3.05, 3.63) is 82.9 Å². The molecule has 0 radical (unpaired) electrons. The first-order valence-electron chi connectivity index (χ1n) is 12.1. The second kappa shape index (κ2) is 10.0. The number of hydrogen-bond donors (Lipinski definition) is 1. The molecule has 0 aromatic heterocycles. The van der Waals surface area contributed by atoms with Crippen molar-refractivity contribution in [2.45, 2.75) is 19.4 Å². The Morgan fingerprint density at radius 3 is 2.16 bits per heavy atom. The fourth-order valence-corrected chi connectivity index (χ4v) is 5.54. The van der Waals surface area contributed by atoms with E-state index in [2.05, 4.69) is 28.4 Å². The quantitative estimate of drug-likeness (QED) is 0.483. The molecule has 0 atom stereocenters. The van der Waals surface area contributed by atoms with Gasteiger partial charge in [0.05, 0.1) is 0 Å². The molecule has 1 saturated heterocycles. The van der Waals surface area contributed by atoms with E-state index in [1.807, 2.05) is 35.2 Å². The zero-order chi connectivity index (χ0) is 26.2. The predicted octanol–water partition coefficient (Wildman–Crippen LogP) is 4.12. The van der Waals surface area contributed by atoms with Crippen molar-refractivity contribution in [1.82, 2.24) is 4.90 Å². The predicted molar refractivity (Wildman–Crippen MR) is 139 cm³/mol. The molecule has 1 amide bonds. The first-order chi connectivity index (χ1) is 17.7. The van der Waals surface area contributed by atoms with Crippen LogP contribution in [0, 0.1) is 6.92 Å². The van der Waals surface area contributed by atoms with Gasteiger partial charge < -0.3 is 24.5 Å². The summed E-state index contributed by atoms with van der Waals surface area (Å²) in [5, 5.41) is 0. The van der Waals surface area contributed by atoms with Gasteiger partial charge in [0.25, 0.3) is 0 Å². The summed E-state index contributed by atoms with van der Waals surface area (Å²) in [5.41, 5.74) is 12.2. The Bertz CT molecular complexity index is 1390. The Balaban J connectivity index is 1.23. The number of carbonyl (C=O) groups excluding carboxylic acids is 1. The number of halogens is 1. The van der Waals surface area contributed by atoms with Crippen LogP contribution in [0.2, 0.25) is 0 Å². The van der Waals surface area contributed by atoms with E-state index < -0.39 is 10.5 Å². The van der Waals surface area contributed by atoms with Crippen molar-refractivity contribution in [3.63, 3.8) is 0 Å². The zero-order valence-electron chi connectivity index (χ0n) is 20.4. The number of nitrogens with zero attached hydrogens (tertiary/aromatic N) is 2. The molecule has 0 unspecified atom stereocenters. The van der Waals surface area contributed by atoms with E-state index in [0.717, 1.165) is 11.1 Å². The van der Waals surface area contributed by atoms with Gasteiger partial charge in [-0.25, -0.2) is 4.79 Å². The van der Waals surface area contributed by atoms with Gasteiger partial charge in [0.1, 0.15) is 6.61 Å². The largest absolute Gasteiger partial charge is 0.488 e. The lowest BCUT2D eigenvalue weighted by Crippen LogP contribution is -2.49. The summed E-state index contributed by atoms with van der Waals surface area (Å²) < 4.78 is 45.6. The number of fused-ring (bicyclic) bond motifs is 3. The van der Waals surface area contributed by atoms with Crippen LogP contribution in [-0.4, -0.2) is 52.2 Å². The van der Waals surface area contributed by atoms with Crippen molar-refractivity contribution in [2.24, 2.45) is 5.73 Å². The smallest absolute Gasteiger partial charge is 0.448 e. The molecule has 0 bridgehead atoms. The summed E-state index contributed by atoms with van der Waals surface area (Å²) in [4.78, 5) is 16.6. The first-order valence-corrected chi connectivity index (χ1v) is 13.4. The molecule has 0 spiro atoms. The highest BCUT2D eigenvalue weighted by molar-refractivity contribution is 7.81. The topological polar surface area (TPSA) is 102 Å². The number of ether oxygens (including phenoxy) is 1. The van der Waals surface area contributed by atoms with Gasteiger partial charge >= 0.3 is 16.6 Å². The average molecular weight is 526 g/mol. The molecule has 194 valence electrons. The molecule has 1 heterocycles. The first kappa shape index (κ1) is 25.0. The minimum absolute atomic E-state index is 0.00918. The van der Waals surface area contributed by atoms with E-state index in [1.54, 1.807) is 11.8 Å². The SMILES string of the molecule is Cc1c(CN)cc(N2CCN(C(=O)OCC3c4ccccc4-c4ccccc43)CC2)cc1OS(=O)(=O)F. The van der Waals surface area contributed by atoms with E-state index in [-0.39, 0.29) is 30.9 Å². The van der Waals surface area contributed by atoms with Gasteiger partial charge in [0.2, 0.25) is 0 Å². The van der Waals surface area contributed by atoms with Crippen molar-refractivity contribution >= 4 is 22.3 Å². The summed E-state index contributed by atoms with van der Waals surface area (Å²) in [7, 11) is -5.17. The van der Waals surface area contributed by atoms with E-state index in [1.165, 1.54) is 17.2 Å². The molecule has 8 nitrogen and oxygen atoms in total. The molecule has 0 saturated carbocycles. The lowest BCUT2D eigenvalue weighted by Gasteiger charge is -2.36. The fourth-order valence-electron chi connectivity index (χ4n) is 5.15. The molecule has 37 heavy (non-hydrogen) atoms. The molecule has 2 N–H and O–H groups in total. The lowest BCUT2D eigenvalue weighted by atomic mass is 9.98. The van der Waals surface area contributed by atoms with Gasteiger partial charge in [-0.05, 0) is 46.4 Å². The van der Waals surface area contributed by atoms with E-state index in [0.29, 0.717) is 43.0 Å². The zero-order valence-corrected chi connectivity index (χ0v) is 21.2. The highest BCUT2D eigenvalue weighted by Crippen LogP contribution is 2.44. The summed E-state index contributed by atoms with van der Waals surface area (Å²) in [6.07, 6.45) is -0.374. The number of rotatable bonds is 6. The molecule has 3 aromatic rings. The molecule has 2 aliphatic rings. The standard InChI is InChI=1S/C27H28FN3O5S/c1-18-19(16-29)14-20(15-26(18)36-37(28,33)34)30-10-12-31(13-11-30)27(32)35-17-25-23-8-4-2-6-21(23)22-7-3-5-9-24(22)25/h2-9,14-15,25H,10-13,16-17,29H2,1H3. The molecule has 3 aromatic carbocycles. The van der Waals surface area contributed by atoms with Gasteiger partial charge in [0.15, 0.2) is 5.75 Å². The van der Waals surface area contributed by atoms with Crippen molar-refractivity contribution < 1.29 is 26.0 Å². The summed E-state index contributed by atoms with van der Waals surface area (Å²) in [5.74, 6) is -0.107. The fraction of sp³-hybridized carbons (Fsp3) is 0.296. The van der Waals surface area contributed by atoms with Crippen LogP contribution < -0.4 is 14.8 Å². The summed E-state index contributed by atoms with van der Waals surface area (Å²) >= 11 is 0. The number of piperazine rings is 1. The van der Waals surface area contributed by atoms with Crippen LogP contribution in [0.4, 0.5) is 14.4 Å². The third-order valence-electron chi connectivity index (χ3n) is 7.10. The summed E-state index contributed by atoms with van der Waals surface area (Å²) in [6.45, 7) is 3.82. The second-order valence-corrected chi connectivity index (χ2v) is 10.1. The highest BCUT2D eigenvalue weighted by Gasteiger charge is 2.30. The van der Waals surface area contributed by atoms with E-state index >= 15 is 0 Å². The monoisotopic (exact) mass is 525 g/mol. The molecular weight excluding hydrogens is 497 g/mol. The Hall–Kier alpha value is -3.63. The van der Waals surface area contributed by atoms with Crippen LogP contribution >= 0.6 is 0 Å². The maximum atomic E-state index is 13.2. The number of benzene rings is 3. The van der Waals surface area contributed by atoms with Crippen LogP contribution in [0.1, 0.15) is 28.2 Å². The summed E-state index contributed by atoms with van der Waals surface area (Å²) in [6, 6.07) is 19.7. The molecule has 1 aliphatic carbocycles. The second-order valence-electron chi connectivity index (χ2n) is 9.19. The van der Waals surface area contributed by atoms with Crippen LogP contribution in [0.25, 0.3) is 11.1 Å². The number of amides is 1. The molecule has 1 aliphatic heterocycles. The third kappa shape index (κ3) is 5.12. The molecular formula is C27H28FN3O5S. The Morgan fingerprint density at radius 1 is 1.00 bits per heavy atom. The lowest BCUT2D eigenvalue weighted by molar-refractivity contribution is 0.0976. The normalized spacial score (nSPS) is 15.3. The maximum absolute atomic E-state index is 13.2. The number of hydrogen-bond acceptors (Lipinski definition) is 7. The Kier molecular flexibility index (Phi) is 6.78. The van der Waals surface area contributed by atoms with Gasteiger partial charge in [-0.1, -0.05) is 52.4 Å². The van der Waals surface area contributed by atoms with Crippen LogP contribution in [0.3, 0.4) is 0 Å². The Morgan fingerprint density at radius 2 is 1.59 bits per heavy atom. The number of nitrogens with two attached hydrogens (primary N) is 1. The van der Waals surface area contributed by atoms with Gasteiger partial charge in [-0.2, -0.15) is 8.42 Å². The molecule has 1 fully saturated rings. The van der Waals surface area contributed by atoms with Gasteiger partial charge in [0, 0.05) is 50.4 Å². The number of anilines is 1. The van der Waals surface area contributed by atoms with Gasteiger partial charge in [-0.3, -0.25) is 0 Å². The van der Waals surface area contributed by atoms with Crippen LogP contribution in [-0.2, 0) is 21.8 Å². The van der Waals surface area contributed by atoms with E-state index in [4.69, 9.17) is 10.5 Å². The van der Waals surface area contributed by atoms with Gasteiger partial charge in [-0.15, -0.1) is 0 Å². The minimum atomic E-state index is -5.17. The molecule has 10 heteroatoms. The molecule has 5 rings (SSSR count). The minimum Gasteiger partial charge on any atom is -0.448 e.